The number of fused-ring (bicyclic) bond motifs is 1. The standard InChI is InChI=1S/C19H15ClN4/c20-18-12-23-19-17(22-11-14-6-8-21-9-7-14)10-16(13-24(18)19)15-4-2-1-3-5-15/h1-10,12-13,22H,11H2. The van der Waals surface area contributed by atoms with Crippen LogP contribution in [0.5, 0.6) is 0 Å². The molecule has 0 saturated carbocycles. The molecule has 3 heterocycles. The Hall–Kier alpha value is -2.85. The molecule has 24 heavy (non-hydrogen) atoms. The van der Waals surface area contributed by atoms with Gasteiger partial charge in [-0.05, 0) is 29.3 Å². The van der Waals surface area contributed by atoms with E-state index in [1.165, 1.54) is 0 Å². The van der Waals surface area contributed by atoms with Gasteiger partial charge in [0.25, 0.3) is 0 Å². The Morgan fingerprint density at radius 1 is 1.00 bits per heavy atom. The molecule has 3 aromatic heterocycles. The maximum absolute atomic E-state index is 6.29. The molecule has 1 aromatic carbocycles. The van der Waals surface area contributed by atoms with Gasteiger partial charge in [-0.1, -0.05) is 41.9 Å². The Morgan fingerprint density at radius 2 is 1.79 bits per heavy atom. The van der Waals surface area contributed by atoms with Crippen LogP contribution in [0.4, 0.5) is 5.69 Å². The highest BCUT2D eigenvalue weighted by molar-refractivity contribution is 6.29. The summed E-state index contributed by atoms with van der Waals surface area (Å²) >= 11 is 6.29. The lowest BCUT2D eigenvalue weighted by molar-refractivity contribution is 1.11. The van der Waals surface area contributed by atoms with Gasteiger partial charge in [-0.25, -0.2) is 4.98 Å². The number of hydrogen-bond donors (Lipinski definition) is 1. The smallest absolute Gasteiger partial charge is 0.161 e. The van der Waals surface area contributed by atoms with Crippen LogP contribution in [-0.4, -0.2) is 14.4 Å². The molecule has 118 valence electrons. The van der Waals surface area contributed by atoms with Gasteiger partial charge in [-0.3, -0.25) is 9.38 Å². The van der Waals surface area contributed by atoms with Gasteiger partial charge in [-0.15, -0.1) is 0 Å². The molecule has 0 saturated heterocycles. The lowest BCUT2D eigenvalue weighted by Crippen LogP contribution is -2.02. The topological polar surface area (TPSA) is 42.2 Å². The lowest BCUT2D eigenvalue weighted by Gasteiger charge is -2.11. The Morgan fingerprint density at radius 3 is 2.58 bits per heavy atom. The number of imidazole rings is 1. The Labute approximate surface area is 144 Å². The van der Waals surface area contributed by atoms with E-state index in [-0.39, 0.29) is 0 Å². The van der Waals surface area contributed by atoms with Crippen molar-refractivity contribution in [2.75, 3.05) is 5.32 Å². The van der Waals surface area contributed by atoms with Crippen molar-refractivity contribution >= 4 is 22.9 Å². The number of rotatable bonds is 4. The second kappa shape index (κ2) is 6.34. The summed E-state index contributed by atoms with van der Waals surface area (Å²) in [5.74, 6) is 0. The highest BCUT2D eigenvalue weighted by Gasteiger charge is 2.10. The summed E-state index contributed by atoms with van der Waals surface area (Å²) in [6.07, 6.45) is 7.26. The average Bonchev–Trinajstić information content (AvgIpc) is 3.02. The van der Waals surface area contributed by atoms with E-state index in [0.29, 0.717) is 11.7 Å². The third-order valence-electron chi connectivity index (χ3n) is 3.90. The predicted molar refractivity (Wildman–Crippen MR) is 97.2 cm³/mol. The minimum absolute atomic E-state index is 0.592. The van der Waals surface area contributed by atoms with E-state index in [2.05, 4.69) is 33.5 Å². The Balaban J connectivity index is 1.76. The normalized spacial score (nSPS) is 10.9. The number of nitrogens with one attached hydrogen (secondary N) is 1. The number of hydrogen-bond acceptors (Lipinski definition) is 3. The number of anilines is 1. The third-order valence-corrected chi connectivity index (χ3v) is 4.18. The molecule has 0 aliphatic carbocycles. The molecule has 0 unspecified atom stereocenters. The molecular weight excluding hydrogens is 320 g/mol. The average molecular weight is 335 g/mol. The first kappa shape index (κ1) is 14.7. The summed E-state index contributed by atoms with van der Waals surface area (Å²) in [5, 5.41) is 4.05. The SMILES string of the molecule is Clc1cnc2c(NCc3ccncc3)cc(-c3ccccc3)cn12. The van der Waals surface area contributed by atoms with Crippen LogP contribution in [0.3, 0.4) is 0 Å². The zero-order valence-electron chi connectivity index (χ0n) is 12.9. The minimum Gasteiger partial charge on any atom is -0.378 e. The fourth-order valence-corrected chi connectivity index (χ4v) is 2.85. The molecule has 4 nitrogen and oxygen atoms in total. The number of pyridine rings is 2. The van der Waals surface area contributed by atoms with E-state index in [4.69, 9.17) is 11.6 Å². The summed E-state index contributed by atoms with van der Waals surface area (Å²) < 4.78 is 1.90. The Kier molecular flexibility index (Phi) is 3.89. The van der Waals surface area contributed by atoms with Gasteiger partial charge in [0.1, 0.15) is 5.15 Å². The monoisotopic (exact) mass is 334 g/mol. The largest absolute Gasteiger partial charge is 0.378 e. The third kappa shape index (κ3) is 2.84. The zero-order valence-corrected chi connectivity index (χ0v) is 13.6. The van der Waals surface area contributed by atoms with Crippen LogP contribution >= 0.6 is 11.6 Å². The second-order valence-corrected chi connectivity index (χ2v) is 5.88. The first-order valence-electron chi connectivity index (χ1n) is 7.66. The van der Waals surface area contributed by atoms with Crippen molar-refractivity contribution in [3.05, 3.63) is 84.0 Å². The van der Waals surface area contributed by atoms with Crippen LogP contribution in [-0.2, 0) is 6.54 Å². The van der Waals surface area contributed by atoms with Crippen molar-refractivity contribution in [2.45, 2.75) is 6.54 Å². The summed E-state index contributed by atoms with van der Waals surface area (Å²) in [4.78, 5) is 8.47. The molecule has 4 aromatic rings. The molecule has 0 aliphatic heterocycles. The first-order chi connectivity index (χ1) is 11.8. The van der Waals surface area contributed by atoms with Gasteiger partial charge in [0.2, 0.25) is 0 Å². The molecular formula is C19H15ClN4. The molecule has 0 aliphatic rings. The van der Waals surface area contributed by atoms with Gasteiger partial charge < -0.3 is 5.32 Å². The minimum atomic E-state index is 0.592. The maximum Gasteiger partial charge on any atom is 0.161 e. The van der Waals surface area contributed by atoms with Crippen LogP contribution in [0.15, 0.2) is 73.3 Å². The van der Waals surface area contributed by atoms with Crippen LogP contribution in [0, 0.1) is 0 Å². The zero-order chi connectivity index (χ0) is 16.4. The van der Waals surface area contributed by atoms with Gasteiger partial charge in [-0.2, -0.15) is 0 Å². The molecule has 0 amide bonds. The van der Waals surface area contributed by atoms with E-state index >= 15 is 0 Å². The van der Waals surface area contributed by atoms with Gasteiger partial charge >= 0.3 is 0 Å². The number of nitrogens with zero attached hydrogens (tertiary/aromatic N) is 3. The molecule has 0 spiro atoms. The van der Waals surface area contributed by atoms with Crippen LogP contribution in [0.2, 0.25) is 5.15 Å². The van der Waals surface area contributed by atoms with E-state index in [0.717, 1.165) is 28.0 Å². The number of aromatic nitrogens is 3. The van der Waals surface area contributed by atoms with Gasteiger partial charge in [0.05, 0.1) is 11.9 Å². The van der Waals surface area contributed by atoms with Crippen molar-refractivity contribution < 1.29 is 0 Å². The molecule has 0 radical (unpaired) electrons. The van der Waals surface area contributed by atoms with Crippen molar-refractivity contribution in [1.29, 1.82) is 0 Å². The predicted octanol–water partition coefficient (Wildman–Crippen LogP) is 4.66. The molecule has 0 bridgehead atoms. The van der Waals surface area contributed by atoms with Crippen molar-refractivity contribution in [2.24, 2.45) is 0 Å². The van der Waals surface area contributed by atoms with E-state index < -0.39 is 0 Å². The number of halogens is 1. The van der Waals surface area contributed by atoms with Gasteiger partial charge in [0.15, 0.2) is 5.65 Å². The van der Waals surface area contributed by atoms with Crippen molar-refractivity contribution in [1.82, 2.24) is 14.4 Å². The van der Waals surface area contributed by atoms with E-state index in [1.807, 2.05) is 40.9 Å². The Bertz CT molecular complexity index is 965. The highest BCUT2D eigenvalue weighted by Crippen LogP contribution is 2.28. The fraction of sp³-hybridized carbons (Fsp3) is 0.0526. The summed E-state index contributed by atoms with van der Waals surface area (Å²) in [7, 11) is 0. The fourth-order valence-electron chi connectivity index (χ4n) is 2.67. The quantitative estimate of drug-likeness (QED) is 0.590. The molecule has 5 heteroatoms. The van der Waals surface area contributed by atoms with Crippen molar-refractivity contribution in [3.63, 3.8) is 0 Å². The molecule has 0 atom stereocenters. The first-order valence-corrected chi connectivity index (χ1v) is 8.04. The summed E-state index contributed by atoms with van der Waals surface area (Å²) in [6, 6.07) is 16.3. The maximum atomic E-state index is 6.29. The summed E-state index contributed by atoms with van der Waals surface area (Å²) in [5.41, 5.74) is 5.14. The lowest BCUT2D eigenvalue weighted by atomic mass is 10.1. The highest BCUT2D eigenvalue weighted by atomic mass is 35.5. The van der Waals surface area contributed by atoms with Crippen LogP contribution < -0.4 is 5.32 Å². The second-order valence-electron chi connectivity index (χ2n) is 5.49. The van der Waals surface area contributed by atoms with Crippen LogP contribution in [0.25, 0.3) is 16.8 Å². The summed E-state index contributed by atoms with van der Waals surface area (Å²) in [6.45, 7) is 0.695. The molecule has 1 N–H and O–H groups in total. The molecule has 0 fully saturated rings. The van der Waals surface area contributed by atoms with E-state index in [1.54, 1.807) is 18.6 Å². The number of benzene rings is 1. The van der Waals surface area contributed by atoms with Gasteiger partial charge in [0, 0.05) is 30.7 Å². The molecule has 4 rings (SSSR count). The van der Waals surface area contributed by atoms with E-state index in [9.17, 15) is 0 Å². The van der Waals surface area contributed by atoms with Crippen LogP contribution in [0.1, 0.15) is 5.56 Å². The van der Waals surface area contributed by atoms with Crippen molar-refractivity contribution in [3.8, 4) is 11.1 Å².